The predicted octanol–water partition coefficient (Wildman–Crippen LogP) is 1.46. The minimum atomic E-state index is -2.69. The summed E-state index contributed by atoms with van der Waals surface area (Å²) in [5.74, 6) is 0. The van der Waals surface area contributed by atoms with Crippen molar-refractivity contribution in [3.63, 3.8) is 0 Å². The van der Waals surface area contributed by atoms with Crippen LogP contribution in [0.25, 0.3) is 0 Å². The number of anilines is 1. The number of aromatic nitrogens is 2. The molecule has 0 radical (unpaired) electrons. The Balaban J connectivity index is 1.96. The summed E-state index contributed by atoms with van der Waals surface area (Å²) < 4.78 is 24.6. The molecule has 0 aliphatic heterocycles. The standard InChI is InChI=1S/C9H12F2N4O2S/c10-6(11)7-13-14-8(18-7)12-9(17)15(3-4-16)5-1-2-5/h5-6,16H,1-4H2,(H,12,14,17). The predicted molar refractivity (Wildman–Crippen MR) is 60.7 cm³/mol. The molecule has 0 unspecified atom stereocenters. The van der Waals surface area contributed by atoms with E-state index in [0.717, 1.165) is 12.8 Å². The van der Waals surface area contributed by atoms with Crippen molar-refractivity contribution in [1.29, 1.82) is 0 Å². The number of carbonyl (C=O) groups excluding carboxylic acids is 1. The molecule has 18 heavy (non-hydrogen) atoms. The molecule has 2 N–H and O–H groups in total. The fraction of sp³-hybridized carbons (Fsp3) is 0.667. The summed E-state index contributed by atoms with van der Waals surface area (Å²) in [6.07, 6.45) is -0.900. The minimum Gasteiger partial charge on any atom is -0.395 e. The van der Waals surface area contributed by atoms with Gasteiger partial charge < -0.3 is 10.0 Å². The highest BCUT2D eigenvalue weighted by Gasteiger charge is 2.32. The van der Waals surface area contributed by atoms with E-state index in [1.165, 1.54) is 4.90 Å². The molecular formula is C9H12F2N4O2S. The van der Waals surface area contributed by atoms with E-state index >= 15 is 0 Å². The third kappa shape index (κ3) is 3.10. The smallest absolute Gasteiger partial charge is 0.324 e. The molecule has 0 spiro atoms. The Morgan fingerprint density at radius 3 is 2.78 bits per heavy atom. The van der Waals surface area contributed by atoms with Crippen molar-refractivity contribution in [3.8, 4) is 0 Å². The maximum absolute atomic E-state index is 12.3. The number of nitrogens with zero attached hydrogens (tertiary/aromatic N) is 3. The van der Waals surface area contributed by atoms with Gasteiger partial charge in [0.05, 0.1) is 6.61 Å². The van der Waals surface area contributed by atoms with Gasteiger partial charge >= 0.3 is 6.03 Å². The van der Waals surface area contributed by atoms with Crippen molar-refractivity contribution < 1.29 is 18.7 Å². The molecule has 0 atom stereocenters. The van der Waals surface area contributed by atoms with Crippen LogP contribution in [0, 0.1) is 0 Å². The SMILES string of the molecule is O=C(Nc1nnc(C(F)F)s1)N(CCO)C1CC1. The molecule has 2 amide bonds. The van der Waals surface area contributed by atoms with Gasteiger partial charge in [0.1, 0.15) is 0 Å². The summed E-state index contributed by atoms with van der Waals surface area (Å²) in [6.45, 7) is 0.0827. The minimum absolute atomic E-state index is 0.0406. The topological polar surface area (TPSA) is 78.4 Å². The molecule has 9 heteroatoms. The monoisotopic (exact) mass is 278 g/mol. The van der Waals surface area contributed by atoms with E-state index in [0.29, 0.717) is 11.3 Å². The van der Waals surface area contributed by atoms with Crippen LogP contribution in [0.3, 0.4) is 0 Å². The first kappa shape index (κ1) is 13.1. The summed E-state index contributed by atoms with van der Waals surface area (Å²) >= 11 is 0.644. The third-order valence-electron chi connectivity index (χ3n) is 2.43. The maximum Gasteiger partial charge on any atom is 0.324 e. The van der Waals surface area contributed by atoms with Crippen LogP contribution >= 0.6 is 11.3 Å². The highest BCUT2D eigenvalue weighted by atomic mass is 32.1. The molecule has 1 aromatic heterocycles. The molecule has 1 aromatic rings. The molecule has 0 bridgehead atoms. The van der Waals surface area contributed by atoms with Crippen LogP contribution in [0.2, 0.25) is 0 Å². The lowest BCUT2D eigenvalue weighted by atomic mass is 10.5. The number of alkyl halides is 2. The lowest BCUT2D eigenvalue weighted by molar-refractivity contribution is 0.150. The quantitative estimate of drug-likeness (QED) is 0.854. The van der Waals surface area contributed by atoms with Crippen LogP contribution in [-0.2, 0) is 0 Å². The molecule has 0 saturated heterocycles. The summed E-state index contributed by atoms with van der Waals surface area (Å²) in [4.78, 5) is 13.3. The fourth-order valence-corrected chi connectivity index (χ4v) is 2.07. The van der Waals surface area contributed by atoms with Crippen LogP contribution in [0.5, 0.6) is 0 Å². The lowest BCUT2D eigenvalue weighted by Gasteiger charge is -2.20. The number of urea groups is 1. The van der Waals surface area contributed by atoms with E-state index in [2.05, 4.69) is 15.5 Å². The van der Waals surface area contributed by atoms with Gasteiger partial charge in [0.15, 0.2) is 5.01 Å². The van der Waals surface area contributed by atoms with Crippen molar-refractivity contribution in [2.45, 2.75) is 25.3 Å². The van der Waals surface area contributed by atoms with Gasteiger partial charge in [-0.25, -0.2) is 13.6 Å². The second kappa shape index (κ2) is 5.53. The van der Waals surface area contributed by atoms with Crippen LogP contribution in [0.15, 0.2) is 0 Å². The number of aliphatic hydroxyl groups is 1. The number of aliphatic hydroxyl groups excluding tert-OH is 1. The fourth-order valence-electron chi connectivity index (χ4n) is 1.48. The van der Waals surface area contributed by atoms with E-state index < -0.39 is 17.5 Å². The Morgan fingerprint density at radius 1 is 1.56 bits per heavy atom. The molecule has 6 nitrogen and oxygen atoms in total. The molecule has 1 fully saturated rings. The molecule has 2 rings (SSSR count). The molecule has 1 saturated carbocycles. The van der Waals surface area contributed by atoms with E-state index in [4.69, 9.17) is 5.11 Å². The molecule has 1 aliphatic rings. The Kier molecular flexibility index (Phi) is 4.02. The van der Waals surface area contributed by atoms with E-state index in [1.54, 1.807) is 0 Å². The highest BCUT2D eigenvalue weighted by Crippen LogP contribution is 2.28. The zero-order valence-electron chi connectivity index (χ0n) is 9.34. The summed E-state index contributed by atoms with van der Waals surface area (Å²) in [5.41, 5.74) is 0. The van der Waals surface area contributed by atoms with Crippen molar-refractivity contribution in [3.05, 3.63) is 5.01 Å². The van der Waals surface area contributed by atoms with Gasteiger partial charge in [-0.1, -0.05) is 11.3 Å². The number of halogens is 2. The molecule has 1 aliphatic carbocycles. The molecule has 1 heterocycles. The lowest BCUT2D eigenvalue weighted by Crippen LogP contribution is -2.38. The van der Waals surface area contributed by atoms with Crippen molar-refractivity contribution in [2.24, 2.45) is 0 Å². The number of nitrogens with one attached hydrogen (secondary N) is 1. The van der Waals surface area contributed by atoms with Crippen LogP contribution in [-0.4, -0.2) is 45.4 Å². The van der Waals surface area contributed by atoms with Gasteiger partial charge in [-0.05, 0) is 12.8 Å². The largest absolute Gasteiger partial charge is 0.395 e. The van der Waals surface area contributed by atoms with Gasteiger partial charge in [-0.3, -0.25) is 5.32 Å². The number of amides is 2. The van der Waals surface area contributed by atoms with Gasteiger partial charge in [0.25, 0.3) is 6.43 Å². The summed E-state index contributed by atoms with van der Waals surface area (Å²) in [6, 6.07) is -0.317. The first-order valence-corrected chi connectivity index (χ1v) is 6.23. The van der Waals surface area contributed by atoms with Crippen molar-refractivity contribution in [2.75, 3.05) is 18.5 Å². The summed E-state index contributed by atoms with van der Waals surface area (Å²) in [5, 5.41) is 17.6. The van der Waals surface area contributed by atoms with Crippen LogP contribution in [0.1, 0.15) is 24.3 Å². The summed E-state index contributed by atoms with van der Waals surface area (Å²) in [7, 11) is 0. The van der Waals surface area contributed by atoms with E-state index in [1.807, 2.05) is 0 Å². The van der Waals surface area contributed by atoms with Crippen LogP contribution < -0.4 is 5.32 Å². The Hall–Kier alpha value is -1.35. The van der Waals surface area contributed by atoms with Crippen LogP contribution in [0.4, 0.5) is 18.7 Å². The average molecular weight is 278 g/mol. The number of rotatable bonds is 5. The number of hydrogen-bond donors (Lipinski definition) is 2. The zero-order chi connectivity index (χ0) is 13.1. The van der Waals surface area contributed by atoms with E-state index in [9.17, 15) is 13.6 Å². The molecule has 100 valence electrons. The maximum atomic E-state index is 12.3. The highest BCUT2D eigenvalue weighted by molar-refractivity contribution is 7.15. The van der Waals surface area contributed by atoms with Gasteiger partial charge in [-0.2, -0.15) is 0 Å². The van der Waals surface area contributed by atoms with Gasteiger partial charge in [0, 0.05) is 12.6 Å². The second-order valence-corrected chi connectivity index (χ2v) is 4.83. The van der Waals surface area contributed by atoms with E-state index in [-0.39, 0.29) is 24.3 Å². The normalized spacial score (nSPS) is 14.9. The molecule has 0 aromatic carbocycles. The van der Waals surface area contributed by atoms with Crippen molar-refractivity contribution in [1.82, 2.24) is 15.1 Å². The number of carbonyl (C=O) groups is 1. The zero-order valence-corrected chi connectivity index (χ0v) is 10.2. The van der Waals surface area contributed by atoms with Gasteiger partial charge in [0.2, 0.25) is 5.13 Å². The third-order valence-corrected chi connectivity index (χ3v) is 3.28. The van der Waals surface area contributed by atoms with Crippen molar-refractivity contribution >= 4 is 22.5 Å². The van der Waals surface area contributed by atoms with Gasteiger partial charge in [-0.15, -0.1) is 10.2 Å². The second-order valence-electron chi connectivity index (χ2n) is 3.82. The number of hydrogen-bond acceptors (Lipinski definition) is 5. The molecular weight excluding hydrogens is 266 g/mol. The Bertz CT molecular complexity index is 424. The first-order valence-electron chi connectivity index (χ1n) is 5.42. The Morgan fingerprint density at radius 2 is 2.28 bits per heavy atom. The average Bonchev–Trinajstić information content (AvgIpc) is 3.05. The Labute approximate surface area is 106 Å². The first-order chi connectivity index (χ1) is 8.61.